The molecule has 0 saturated carbocycles. The average molecular weight is 494 g/mol. The molecule has 1 aromatic heterocycles. The Morgan fingerprint density at radius 1 is 1.08 bits per heavy atom. The van der Waals surface area contributed by atoms with Gasteiger partial charge in [0, 0.05) is 31.2 Å². The first kappa shape index (κ1) is 25.7. The summed E-state index contributed by atoms with van der Waals surface area (Å²) in [6.45, 7) is 10.2. The van der Waals surface area contributed by atoms with Crippen LogP contribution in [-0.2, 0) is 22.4 Å². The predicted molar refractivity (Wildman–Crippen MR) is 138 cm³/mol. The van der Waals surface area contributed by atoms with E-state index in [9.17, 15) is 9.59 Å². The number of ether oxygens (including phenoxy) is 2. The van der Waals surface area contributed by atoms with Gasteiger partial charge in [-0.05, 0) is 57.0 Å². The van der Waals surface area contributed by atoms with Gasteiger partial charge in [0.1, 0.15) is 11.6 Å². The maximum Gasteiger partial charge on any atom is 0.355 e. The average Bonchev–Trinajstić information content (AvgIpc) is 3.17. The van der Waals surface area contributed by atoms with E-state index in [1.165, 1.54) is 14.8 Å². The maximum absolute atomic E-state index is 13.5. The molecule has 0 unspecified atom stereocenters. The van der Waals surface area contributed by atoms with Crippen LogP contribution in [0.1, 0.15) is 32.2 Å². The van der Waals surface area contributed by atoms with E-state index >= 15 is 0 Å². The summed E-state index contributed by atoms with van der Waals surface area (Å²) in [5.41, 5.74) is 1.69. The van der Waals surface area contributed by atoms with Crippen molar-refractivity contribution in [2.45, 2.75) is 39.2 Å². The van der Waals surface area contributed by atoms with Gasteiger partial charge in [0.2, 0.25) is 5.91 Å². The first-order chi connectivity index (χ1) is 17.2. The highest BCUT2D eigenvalue weighted by Gasteiger charge is 2.21. The first-order valence-electron chi connectivity index (χ1n) is 12.3. The van der Waals surface area contributed by atoms with E-state index in [2.05, 4.69) is 15.3 Å². The Morgan fingerprint density at radius 3 is 2.47 bits per heavy atom. The molecule has 1 N–H and O–H groups in total. The van der Waals surface area contributed by atoms with Crippen molar-refractivity contribution in [2.75, 3.05) is 40.0 Å². The van der Waals surface area contributed by atoms with Crippen LogP contribution in [0.25, 0.3) is 11.4 Å². The predicted octanol–water partition coefficient (Wildman–Crippen LogP) is 2.36. The molecule has 1 aliphatic rings. The Labute approximate surface area is 211 Å². The van der Waals surface area contributed by atoms with Crippen LogP contribution in [0, 0.1) is 0 Å². The van der Waals surface area contributed by atoms with Crippen LogP contribution in [0.4, 0.5) is 0 Å². The van der Waals surface area contributed by atoms with Crippen LogP contribution in [0.5, 0.6) is 5.75 Å². The highest BCUT2D eigenvalue weighted by molar-refractivity contribution is 5.78. The number of hydrogen-bond acceptors (Lipinski definition) is 6. The monoisotopic (exact) mass is 493 g/mol. The molecule has 0 atom stereocenters. The standard InChI is InChI=1S/C27H35N5O4/c1-27(2,3)28-25(33)19-24-29-32(26(34)31(24)22-6-5-7-23(18-22)35-4)21-10-8-20(9-11-21)12-13-30-14-16-36-17-15-30/h5-11,18H,12-17,19H2,1-4H3,(H,28,33). The van der Waals surface area contributed by atoms with Crippen molar-refractivity contribution in [3.8, 4) is 17.1 Å². The number of amides is 1. The zero-order valence-corrected chi connectivity index (χ0v) is 21.5. The summed E-state index contributed by atoms with van der Waals surface area (Å²) in [6.07, 6.45) is 0.889. The number of carbonyl (C=O) groups is 1. The summed E-state index contributed by atoms with van der Waals surface area (Å²) >= 11 is 0. The molecule has 0 radical (unpaired) electrons. The lowest BCUT2D eigenvalue weighted by Crippen LogP contribution is -2.41. The third-order valence-corrected chi connectivity index (χ3v) is 5.99. The number of carbonyl (C=O) groups excluding carboxylic acids is 1. The second kappa shape index (κ2) is 11.1. The van der Waals surface area contributed by atoms with Gasteiger partial charge in [-0.15, -0.1) is 5.10 Å². The zero-order valence-electron chi connectivity index (χ0n) is 21.5. The van der Waals surface area contributed by atoms with Gasteiger partial charge in [0.05, 0.1) is 38.1 Å². The first-order valence-corrected chi connectivity index (χ1v) is 12.3. The normalized spacial score (nSPS) is 14.6. The molecule has 4 rings (SSSR count). The van der Waals surface area contributed by atoms with Crippen molar-refractivity contribution < 1.29 is 14.3 Å². The highest BCUT2D eigenvalue weighted by Crippen LogP contribution is 2.18. The SMILES string of the molecule is COc1cccc(-n2c(CC(=O)NC(C)(C)C)nn(-c3ccc(CCN4CCOCC4)cc3)c2=O)c1. The van der Waals surface area contributed by atoms with Gasteiger partial charge in [-0.3, -0.25) is 9.69 Å². The number of rotatable bonds is 8. The van der Waals surface area contributed by atoms with Crippen molar-refractivity contribution in [3.63, 3.8) is 0 Å². The molecule has 1 fully saturated rings. The minimum Gasteiger partial charge on any atom is -0.497 e. The fourth-order valence-electron chi connectivity index (χ4n) is 4.22. The summed E-state index contributed by atoms with van der Waals surface area (Å²) in [6, 6.07) is 15.0. The zero-order chi connectivity index (χ0) is 25.7. The largest absolute Gasteiger partial charge is 0.497 e. The number of nitrogens with zero attached hydrogens (tertiary/aromatic N) is 4. The van der Waals surface area contributed by atoms with Gasteiger partial charge in [-0.1, -0.05) is 18.2 Å². The number of morpholine rings is 1. The van der Waals surface area contributed by atoms with Crippen LogP contribution in [-0.4, -0.2) is 70.7 Å². The van der Waals surface area contributed by atoms with Crippen molar-refractivity contribution in [3.05, 3.63) is 70.4 Å². The van der Waals surface area contributed by atoms with Crippen LogP contribution in [0.3, 0.4) is 0 Å². The molecule has 0 aliphatic carbocycles. The summed E-state index contributed by atoms with van der Waals surface area (Å²) in [5.74, 6) is 0.760. The minimum atomic E-state index is -0.391. The minimum absolute atomic E-state index is 0.0334. The summed E-state index contributed by atoms with van der Waals surface area (Å²) in [7, 11) is 1.57. The maximum atomic E-state index is 13.5. The van der Waals surface area contributed by atoms with Crippen LogP contribution < -0.4 is 15.7 Å². The topological polar surface area (TPSA) is 90.6 Å². The second-order valence-electron chi connectivity index (χ2n) is 9.99. The van der Waals surface area contributed by atoms with Crippen molar-refractivity contribution in [1.82, 2.24) is 24.6 Å². The molecule has 192 valence electrons. The lowest BCUT2D eigenvalue weighted by Gasteiger charge is -2.26. The molecular formula is C27H35N5O4. The number of nitrogens with one attached hydrogen (secondary N) is 1. The molecule has 2 heterocycles. The molecule has 36 heavy (non-hydrogen) atoms. The van der Waals surface area contributed by atoms with Crippen molar-refractivity contribution in [1.29, 1.82) is 0 Å². The molecule has 9 heteroatoms. The second-order valence-corrected chi connectivity index (χ2v) is 9.99. The Morgan fingerprint density at radius 2 is 1.81 bits per heavy atom. The molecule has 0 spiro atoms. The van der Waals surface area contributed by atoms with Crippen molar-refractivity contribution in [2.24, 2.45) is 0 Å². The van der Waals surface area contributed by atoms with Gasteiger partial charge >= 0.3 is 5.69 Å². The highest BCUT2D eigenvalue weighted by atomic mass is 16.5. The molecule has 9 nitrogen and oxygen atoms in total. The van der Waals surface area contributed by atoms with E-state index < -0.39 is 5.54 Å². The number of hydrogen-bond donors (Lipinski definition) is 1. The van der Waals surface area contributed by atoms with E-state index in [1.807, 2.05) is 45.0 Å². The summed E-state index contributed by atoms with van der Waals surface area (Å²) in [4.78, 5) is 28.7. The number of benzene rings is 2. The molecule has 1 amide bonds. The fourth-order valence-corrected chi connectivity index (χ4v) is 4.22. The third-order valence-electron chi connectivity index (χ3n) is 5.99. The van der Waals surface area contributed by atoms with E-state index in [-0.39, 0.29) is 18.0 Å². The van der Waals surface area contributed by atoms with Crippen LogP contribution >= 0.6 is 0 Å². The molecule has 1 saturated heterocycles. The molecular weight excluding hydrogens is 458 g/mol. The lowest BCUT2D eigenvalue weighted by molar-refractivity contribution is -0.121. The molecule has 3 aromatic rings. The van der Waals surface area contributed by atoms with Gasteiger partial charge < -0.3 is 14.8 Å². The quantitative estimate of drug-likeness (QED) is 0.518. The Bertz CT molecular complexity index is 1230. The van der Waals surface area contributed by atoms with E-state index in [0.717, 1.165) is 39.3 Å². The molecule has 0 bridgehead atoms. The Hall–Kier alpha value is -3.43. The van der Waals surface area contributed by atoms with Crippen LogP contribution in [0.2, 0.25) is 0 Å². The van der Waals surface area contributed by atoms with Crippen molar-refractivity contribution >= 4 is 5.91 Å². The summed E-state index contributed by atoms with van der Waals surface area (Å²) in [5, 5.41) is 7.52. The van der Waals surface area contributed by atoms with E-state index in [1.54, 1.807) is 31.4 Å². The van der Waals surface area contributed by atoms with Gasteiger partial charge in [0.25, 0.3) is 0 Å². The van der Waals surface area contributed by atoms with Gasteiger partial charge in [-0.2, -0.15) is 4.68 Å². The van der Waals surface area contributed by atoms with E-state index in [4.69, 9.17) is 9.47 Å². The number of aromatic nitrogens is 3. The third kappa shape index (κ3) is 6.41. The summed E-state index contributed by atoms with van der Waals surface area (Å²) < 4.78 is 13.6. The Balaban J connectivity index is 1.62. The molecule has 2 aromatic carbocycles. The Kier molecular flexibility index (Phi) is 7.91. The lowest BCUT2D eigenvalue weighted by atomic mass is 10.1. The van der Waals surface area contributed by atoms with Gasteiger partial charge in [0.15, 0.2) is 0 Å². The smallest absolute Gasteiger partial charge is 0.355 e. The van der Waals surface area contributed by atoms with Crippen LogP contribution in [0.15, 0.2) is 53.3 Å². The number of methoxy groups -OCH3 is 1. The van der Waals surface area contributed by atoms with Gasteiger partial charge in [-0.25, -0.2) is 9.36 Å². The molecule has 1 aliphatic heterocycles. The fraction of sp³-hybridized carbons (Fsp3) is 0.444. The van der Waals surface area contributed by atoms with E-state index in [0.29, 0.717) is 22.9 Å².